The van der Waals surface area contributed by atoms with Gasteiger partial charge in [0.05, 0.1) is 0 Å². The highest BCUT2D eigenvalue weighted by atomic mass is 79.9. The van der Waals surface area contributed by atoms with Gasteiger partial charge >= 0.3 is 0 Å². The summed E-state index contributed by atoms with van der Waals surface area (Å²) < 4.78 is 6.54. The maximum atomic E-state index is 5.75. The highest BCUT2D eigenvalue weighted by Crippen LogP contribution is 2.27. The Morgan fingerprint density at radius 2 is 1.70 bits per heavy atom. The van der Waals surface area contributed by atoms with Crippen LogP contribution in [-0.2, 0) is 6.61 Å². The second kappa shape index (κ2) is 6.15. The van der Waals surface area contributed by atoms with Gasteiger partial charge in [0.25, 0.3) is 0 Å². The summed E-state index contributed by atoms with van der Waals surface area (Å²) >= 11 is 4.83. The van der Waals surface area contributed by atoms with Crippen LogP contribution in [-0.4, -0.2) is 10.2 Å². The minimum atomic E-state index is 0.574. The summed E-state index contributed by atoms with van der Waals surface area (Å²) in [4.78, 5) is 0. The summed E-state index contributed by atoms with van der Waals surface area (Å²) in [5, 5.41) is 8.93. The summed E-state index contributed by atoms with van der Waals surface area (Å²) in [7, 11) is 0. The van der Waals surface area contributed by atoms with Crippen molar-refractivity contribution in [2.75, 3.05) is 0 Å². The number of hydrogen-bond acceptors (Lipinski definition) is 4. The molecule has 20 heavy (non-hydrogen) atoms. The Morgan fingerprint density at radius 1 is 0.950 bits per heavy atom. The molecule has 0 fully saturated rings. The van der Waals surface area contributed by atoms with Crippen molar-refractivity contribution in [3.63, 3.8) is 0 Å². The Balaban J connectivity index is 1.67. The Labute approximate surface area is 129 Å². The van der Waals surface area contributed by atoms with Gasteiger partial charge in [0.2, 0.25) is 0 Å². The minimum absolute atomic E-state index is 0.574. The Morgan fingerprint density at radius 3 is 2.35 bits per heavy atom. The number of halogens is 1. The van der Waals surface area contributed by atoms with E-state index in [1.807, 2.05) is 54.6 Å². The van der Waals surface area contributed by atoms with Gasteiger partial charge in [-0.1, -0.05) is 41.7 Å². The van der Waals surface area contributed by atoms with E-state index in [9.17, 15) is 0 Å². The number of aromatic nitrogens is 2. The molecule has 0 bridgehead atoms. The van der Waals surface area contributed by atoms with Crippen LogP contribution in [0.4, 0.5) is 0 Å². The molecule has 0 radical (unpaired) electrons. The first-order chi connectivity index (χ1) is 9.81. The van der Waals surface area contributed by atoms with Crippen LogP contribution in [0.2, 0.25) is 0 Å². The Kier molecular flexibility index (Phi) is 4.08. The van der Waals surface area contributed by atoms with Crippen LogP contribution >= 0.6 is 27.3 Å². The lowest BCUT2D eigenvalue weighted by Crippen LogP contribution is -1.94. The lowest BCUT2D eigenvalue weighted by Gasteiger charge is -2.06. The van der Waals surface area contributed by atoms with E-state index in [1.54, 1.807) is 0 Å². The van der Waals surface area contributed by atoms with E-state index in [2.05, 4.69) is 26.1 Å². The molecule has 1 aromatic heterocycles. The predicted molar refractivity (Wildman–Crippen MR) is 83.8 cm³/mol. The molecule has 0 spiro atoms. The lowest BCUT2D eigenvalue weighted by atomic mass is 10.2. The Hall–Kier alpha value is -1.72. The van der Waals surface area contributed by atoms with Gasteiger partial charge in [0, 0.05) is 5.56 Å². The molecule has 0 saturated heterocycles. The van der Waals surface area contributed by atoms with Crippen molar-refractivity contribution < 1.29 is 4.74 Å². The standard InChI is InChI=1S/C15H11BrN2OS/c16-15-18-17-14(20-15)12-6-8-13(9-7-12)19-10-11-4-2-1-3-5-11/h1-9H,10H2. The third-order valence-electron chi connectivity index (χ3n) is 2.75. The van der Waals surface area contributed by atoms with Crippen molar-refractivity contribution in [1.82, 2.24) is 10.2 Å². The third-order valence-corrected chi connectivity index (χ3v) is 4.15. The monoisotopic (exact) mass is 346 g/mol. The molecule has 0 aliphatic carbocycles. The van der Waals surface area contributed by atoms with Crippen molar-refractivity contribution >= 4 is 27.3 Å². The Bertz CT molecular complexity index is 683. The maximum Gasteiger partial charge on any atom is 0.183 e. The van der Waals surface area contributed by atoms with E-state index >= 15 is 0 Å². The zero-order chi connectivity index (χ0) is 13.8. The second-order valence-corrected chi connectivity index (χ2v) is 6.41. The van der Waals surface area contributed by atoms with E-state index in [1.165, 1.54) is 11.3 Å². The molecule has 100 valence electrons. The maximum absolute atomic E-state index is 5.75. The van der Waals surface area contributed by atoms with Crippen molar-refractivity contribution in [2.45, 2.75) is 6.61 Å². The van der Waals surface area contributed by atoms with Gasteiger partial charge in [-0.3, -0.25) is 0 Å². The summed E-state index contributed by atoms with van der Waals surface area (Å²) in [6.45, 7) is 0.574. The van der Waals surface area contributed by atoms with Gasteiger partial charge in [-0.25, -0.2) is 0 Å². The number of ether oxygens (including phenoxy) is 1. The number of rotatable bonds is 4. The van der Waals surface area contributed by atoms with Crippen LogP contribution in [0.3, 0.4) is 0 Å². The third kappa shape index (κ3) is 3.23. The normalized spacial score (nSPS) is 10.4. The van der Waals surface area contributed by atoms with Crippen molar-refractivity contribution in [1.29, 1.82) is 0 Å². The van der Waals surface area contributed by atoms with Crippen molar-refractivity contribution in [2.24, 2.45) is 0 Å². The molecule has 0 unspecified atom stereocenters. The molecule has 2 aromatic carbocycles. The first-order valence-electron chi connectivity index (χ1n) is 6.07. The highest BCUT2D eigenvalue weighted by molar-refractivity contribution is 9.11. The average Bonchev–Trinajstić information content (AvgIpc) is 2.93. The van der Waals surface area contributed by atoms with Crippen molar-refractivity contribution in [3.8, 4) is 16.3 Å². The molecular weight excluding hydrogens is 336 g/mol. The molecule has 5 heteroatoms. The van der Waals surface area contributed by atoms with E-state index in [4.69, 9.17) is 4.74 Å². The SMILES string of the molecule is Brc1nnc(-c2ccc(OCc3ccccc3)cc2)s1. The fourth-order valence-corrected chi connectivity index (χ4v) is 2.87. The molecule has 3 rings (SSSR count). The largest absolute Gasteiger partial charge is 0.489 e. The van der Waals surface area contributed by atoms with Crippen LogP contribution in [0.25, 0.3) is 10.6 Å². The average molecular weight is 347 g/mol. The zero-order valence-electron chi connectivity index (χ0n) is 10.5. The topological polar surface area (TPSA) is 35.0 Å². The summed E-state index contributed by atoms with van der Waals surface area (Å²) in [6, 6.07) is 18.0. The molecule has 3 nitrogen and oxygen atoms in total. The molecule has 0 atom stereocenters. The molecule has 0 N–H and O–H groups in total. The van der Waals surface area contributed by atoms with Crippen LogP contribution in [0, 0.1) is 0 Å². The van der Waals surface area contributed by atoms with Crippen molar-refractivity contribution in [3.05, 3.63) is 64.1 Å². The minimum Gasteiger partial charge on any atom is -0.489 e. The summed E-state index contributed by atoms with van der Waals surface area (Å²) in [5.74, 6) is 0.848. The van der Waals surface area contributed by atoms with Crippen LogP contribution in [0.1, 0.15) is 5.56 Å². The van der Waals surface area contributed by atoms with E-state index < -0.39 is 0 Å². The van der Waals surface area contributed by atoms with Crippen LogP contribution in [0.5, 0.6) is 5.75 Å². The smallest absolute Gasteiger partial charge is 0.183 e. The molecule has 0 saturated carbocycles. The first-order valence-corrected chi connectivity index (χ1v) is 7.68. The van der Waals surface area contributed by atoms with Crippen LogP contribution < -0.4 is 4.74 Å². The van der Waals surface area contributed by atoms with E-state index in [0.29, 0.717) is 6.61 Å². The fourth-order valence-electron chi connectivity index (χ4n) is 1.76. The summed E-state index contributed by atoms with van der Waals surface area (Å²) in [5.41, 5.74) is 2.20. The fraction of sp³-hybridized carbons (Fsp3) is 0.0667. The van der Waals surface area contributed by atoms with Gasteiger partial charge in [-0.15, -0.1) is 10.2 Å². The molecule has 3 aromatic rings. The van der Waals surface area contributed by atoms with Gasteiger partial charge in [0.15, 0.2) is 3.92 Å². The predicted octanol–water partition coefficient (Wildman–Crippen LogP) is 4.55. The molecular formula is C15H11BrN2OS. The molecule has 0 amide bonds. The molecule has 1 heterocycles. The van der Waals surface area contributed by atoms with Gasteiger partial charge in [-0.2, -0.15) is 0 Å². The highest BCUT2D eigenvalue weighted by Gasteiger charge is 2.04. The molecule has 0 aliphatic heterocycles. The van der Waals surface area contributed by atoms with E-state index in [0.717, 1.165) is 25.8 Å². The van der Waals surface area contributed by atoms with E-state index in [-0.39, 0.29) is 0 Å². The number of nitrogens with zero attached hydrogens (tertiary/aromatic N) is 2. The second-order valence-electron chi connectivity index (χ2n) is 4.16. The quantitative estimate of drug-likeness (QED) is 0.695. The number of benzene rings is 2. The lowest BCUT2D eigenvalue weighted by molar-refractivity contribution is 0.306. The van der Waals surface area contributed by atoms with Gasteiger partial charge < -0.3 is 4.74 Å². The zero-order valence-corrected chi connectivity index (χ0v) is 12.9. The summed E-state index contributed by atoms with van der Waals surface area (Å²) in [6.07, 6.45) is 0. The number of hydrogen-bond donors (Lipinski definition) is 0. The van der Waals surface area contributed by atoms with Gasteiger partial charge in [0.1, 0.15) is 17.4 Å². The first kappa shape index (κ1) is 13.3. The molecule has 0 aliphatic rings. The van der Waals surface area contributed by atoms with Crippen LogP contribution in [0.15, 0.2) is 58.5 Å². The van der Waals surface area contributed by atoms with Gasteiger partial charge in [-0.05, 0) is 45.8 Å².